The first-order valence-corrected chi connectivity index (χ1v) is 6.41. The highest BCUT2D eigenvalue weighted by Crippen LogP contribution is 2.19. The Bertz CT molecular complexity index is 726. The number of amides is 1. The fraction of sp³-hybridized carbons (Fsp3) is 0.118. The second-order valence-corrected chi connectivity index (χ2v) is 4.46. The minimum atomic E-state index is -0.330. The molecule has 0 aliphatic carbocycles. The number of hydrogen-bond donors (Lipinski definition) is 3. The first kappa shape index (κ1) is 14.6. The molecule has 0 aliphatic heterocycles. The van der Waals surface area contributed by atoms with Gasteiger partial charge >= 0.3 is 0 Å². The Morgan fingerprint density at radius 3 is 2.71 bits per heavy atom. The highest BCUT2D eigenvalue weighted by molar-refractivity contribution is 6.05. The molecule has 0 unspecified atom stereocenters. The molecule has 1 amide bonds. The molecule has 0 aliphatic rings. The summed E-state index contributed by atoms with van der Waals surface area (Å²) in [4.78, 5) is 12.2. The van der Waals surface area contributed by atoms with E-state index in [1.807, 2.05) is 0 Å². The molecule has 106 valence electrons. The number of nitrogens with one attached hydrogen (secondary N) is 1. The molecule has 2 aromatic carbocycles. The summed E-state index contributed by atoms with van der Waals surface area (Å²) in [6, 6.07) is 11.8. The number of anilines is 1. The van der Waals surface area contributed by atoms with Crippen molar-refractivity contribution in [3.05, 3.63) is 59.2 Å². The quantitative estimate of drug-likeness (QED) is 0.740. The lowest BCUT2D eigenvalue weighted by Crippen LogP contribution is -2.12. The van der Waals surface area contributed by atoms with Gasteiger partial charge in [-0.3, -0.25) is 4.79 Å². The van der Waals surface area contributed by atoms with Crippen LogP contribution in [-0.4, -0.2) is 22.7 Å². The fourth-order valence-electron chi connectivity index (χ4n) is 1.78. The van der Waals surface area contributed by atoms with Crippen molar-refractivity contribution in [1.82, 2.24) is 0 Å². The lowest BCUT2D eigenvalue weighted by molar-refractivity contribution is 0.102. The maximum atomic E-state index is 12.2. The van der Waals surface area contributed by atoms with Crippen LogP contribution in [0.1, 0.15) is 21.5 Å². The van der Waals surface area contributed by atoms with Crippen molar-refractivity contribution in [2.45, 2.75) is 6.92 Å². The predicted octanol–water partition coefficient (Wildman–Crippen LogP) is 2.30. The largest absolute Gasteiger partial charge is 0.508 e. The summed E-state index contributed by atoms with van der Waals surface area (Å²) >= 11 is 0. The van der Waals surface area contributed by atoms with E-state index in [4.69, 9.17) is 5.11 Å². The predicted molar refractivity (Wildman–Crippen MR) is 81.2 cm³/mol. The van der Waals surface area contributed by atoms with Crippen molar-refractivity contribution < 1.29 is 15.0 Å². The van der Waals surface area contributed by atoms with Gasteiger partial charge < -0.3 is 15.5 Å². The van der Waals surface area contributed by atoms with Gasteiger partial charge in [0.15, 0.2) is 0 Å². The maximum absolute atomic E-state index is 12.2. The summed E-state index contributed by atoms with van der Waals surface area (Å²) in [5.74, 6) is 5.07. The van der Waals surface area contributed by atoms with E-state index in [1.165, 1.54) is 6.07 Å². The van der Waals surface area contributed by atoms with Crippen LogP contribution >= 0.6 is 0 Å². The number of phenolic OH excluding ortho intramolecular Hbond substituents is 1. The average Bonchev–Trinajstić information content (AvgIpc) is 2.49. The van der Waals surface area contributed by atoms with Crippen molar-refractivity contribution in [1.29, 1.82) is 0 Å². The van der Waals surface area contributed by atoms with Crippen LogP contribution in [0, 0.1) is 18.8 Å². The molecule has 2 rings (SSSR count). The summed E-state index contributed by atoms with van der Waals surface area (Å²) in [6.07, 6.45) is 0. The third-order valence-electron chi connectivity index (χ3n) is 2.95. The van der Waals surface area contributed by atoms with Gasteiger partial charge in [-0.1, -0.05) is 30.0 Å². The molecule has 0 spiro atoms. The van der Waals surface area contributed by atoms with E-state index >= 15 is 0 Å². The second kappa shape index (κ2) is 6.60. The second-order valence-electron chi connectivity index (χ2n) is 4.46. The first-order valence-electron chi connectivity index (χ1n) is 6.41. The van der Waals surface area contributed by atoms with Crippen molar-refractivity contribution in [2.75, 3.05) is 11.9 Å². The summed E-state index contributed by atoms with van der Waals surface area (Å²) in [5, 5.41) is 21.2. The van der Waals surface area contributed by atoms with E-state index in [2.05, 4.69) is 17.2 Å². The van der Waals surface area contributed by atoms with Gasteiger partial charge in [0, 0.05) is 11.1 Å². The van der Waals surface area contributed by atoms with Gasteiger partial charge in [0.05, 0.1) is 5.69 Å². The van der Waals surface area contributed by atoms with Gasteiger partial charge in [-0.15, -0.1) is 0 Å². The van der Waals surface area contributed by atoms with E-state index in [0.717, 1.165) is 0 Å². The van der Waals surface area contributed by atoms with Crippen LogP contribution in [0.15, 0.2) is 42.5 Å². The smallest absolute Gasteiger partial charge is 0.255 e. The number of aliphatic hydroxyl groups excluding tert-OH is 1. The molecular formula is C17H15NO3. The van der Waals surface area contributed by atoms with Crippen molar-refractivity contribution >= 4 is 11.6 Å². The number of aromatic hydroxyl groups is 1. The number of aliphatic hydroxyl groups is 1. The highest BCUT2D eigenvalue weighted by Gasteiger charge is 2.09. The first-order chi connectivity index (χ1) is 10.1. The fourth-order valence-corrected chi connectivity index (χ4v) is 1.78. The number of carbonyl (C=O) groups is 1. The number of para-hydroxylation sites is 1. The summed E-state index contributed by atoms with van der Waals surface area (Å²) in [6.45, 7) is 1.52. The zero-order valence-electron chi connectivity index (χ0n) is 11.6. The minimum Gasteiger partial charge on any atom is -0.508 e. The summed E-state index contributed by atoms with van der Waals surface area (Å²) in [5.41, 5.74) is 2.25. The third kappa shape index (κ3) is 3.62. The Labute approximate surface area is 123 Å². The Balaban J connectivity index is 2.25. The molecule has 0 atom stereocenters. The molecule has 4 heteroatoms. The maximum Gasteiger partial charge on any atom is 0.255 e. The summed E-state index contributed by atoms with van der Waals surface area (Å²) < 4.78 is 0. The van der Waals surface area contributed by atoms with Gasteiger partial charge in [0.2, 0.25) is 0 Å². The standard InChI is InChI=1S/C17H15NO3/c1-12-8-9-14(11-16(12)20)17(21)18-15-7-3-2-5-13(15)6-4-10-19/h2-3,5,7-9,11,19-20H,10H2,1H3,(H,18,21). The molecule has 0 saturated carbocycles. The van der Waals surface area contributed by atoms with Crippen LogP contribution in [0.4, 0.5) is 5.69 Å². The number of rotatable bonds is 2. The summed E-state index contributed by atoms with van der Waals surface area (Å²) in [7, 11) is 0. The molecule has 4 nitrogen and oxygen atoms in total. The van der Waals surface area contributed by atoms with Crippen LogP contribution in [0.25, 0.3) is 0 Å². The highest BCUT2D eigenvalue weighted by atomic mass is 16.3. The van der Waals surface area contributed by atoms with Crippen LogP contribution in [-0.2, 0) is 0 Å². The van der Waals surface area contributed by atoms with Crippen molar-refractivity contribution in [3.63, 3.8) is 0 Å². The van der Waals surface area contributed by atoms with E-state index in [0.29, 0.717) is 22.4 Å². The van der Waals surface area contributed by atoms with Gasteiger partial charge in [0.25, 0.3) is 5.91 Å². The molecule has 2 aromatic rings. The van der Waals surface area contributed by atoms with Gasteiger partial charge in [-0.05, 0) is 36.8 Å². The monoisotopic (exact) mass is 281 g/mol. The number of aryl methyl sites for hydroxylation is 1. The Morgan fingerprint density at radius 1 is 1.24 bits per heavy atom. The lowest BCUT2D eigenvalue weighted by Gasteiger charge is -2.08. The van der Waals surface area contributed by atoms with E-state index in [9.17, 15) is 9.90 Å². The van der Waals surface area contributed by atoms with Gasteiger partial charge in [-0.25, -0.2) is 0 Å². The molecule has 0 radical (unpaired) electrons. The van der Waals surface area contributed by atoms with Gasteiger partial charge in [-0.2, -0.15) is 0 Å². The minimum absolute atomic E-state index is 0.0796. The SMILES string of the molecule is Cc1ccc(C(=O)Nc2ccccc2C#CCO)cc1O. The number of phenols is 1. The average molecular weight is 281 g/mol. The Kier molecular flexibility index (Phi) is 4.60. The van der Waals surface area contributed by atoms with Crippen LogP contribution in [0.5, 0.6) is 5.75 Å². The molecule has 0 bridgehead atoms. The van der Waals surface area contributed by atoms with E-state index < -0.39 is 0 Å². The third-order valence-corrected chi connectivity index (χ3v) is 2.95. The van der Waals surface area contributed by atoms with Gasteiger partial charge in [0.1, 0.15) is 12.4 Å². The van der Waals surface area contributed by atoms with E-state index in [1.54, 1.807) is 43.3 Å². The lowest BCUT2D eigenvalue weighted by atomic mass is 10.1. The normalized spacial score (nSPS) is 9.62. The van der Waals surface area contributed by atoms with Crippen LogP contribution in [0.2, 0.25) is 0 Å². The van der Waals surface area contributed by atoms with Crippen molar-refractivity contribution in [3.8, 4) is 17.6 Å². The number of hydrogen-bond acceptors (Lipinski definition) is 3. The molecule has 0 heterocycles. The molecule has 0 saturated heterocycles. The zero-order chi connectivity index (χ0) is 15.2. The molecule has 3 N–H and O–H groups in total. The number of carbonyl (C=O) groups excluding carboxylic acids is 1. The van der Waals surface area contributed by atoms with Crippen LogP contribution < -0.4 is 5.32 Å². The van der Waals surface area contributed by atoms with E-state index in [-0.39, 0.29) is 18.3 Å². The zero-order valence-corrected chi connectivity index (χ0v) is 11.6. The molecule has 21 heavy (non-hydrogen) atoms. The topological polar surface area (TPSA) is 69.6 Å². The van der Waals surface area contributed by atoms with Crippen molar-refractivity contribution in [2.24, 2.45) is 0 Å². The molecule has 0 aromatic heterocycles. The number of benzene rings is 2. The molecular weight excluding hydrogens is 266 g/mol. The Hall–Kier alpha value is -2.77. The van der Waals surface area contributed by atoms with Crippen LogP contribution in [0.3, 0.4) is 0 Å². The molecule has 0 fully saturated rings. The Morgan fingerprint density at radius 2 is 2.00 bits per heavy atom.